The molecule has 2 amide bonds. The van der Waals surface area contributed by atoms with Crippen LogP contribution in [0.15, 0.2) is 78.2 Å². The minimum absolute atomic E-state index is 0.129. The molecule has 3 aromatic carbocycles. The third kappa shape index (κ3) is 3.80. The Kier molecular flexibility index (Phi) is 5.40. The zero-order chi connectivity index (χ0) is 25.8. The molecule has 4 aromatic rings. The molecule has 9 heteroatoms. The Morgan fingerprint density at radius 2 is 1.14 bits per heavy atom. The van der Waals surface area contributed by atoms with Crippen molar-refractivity contribution >= 4 is 80.6 Å². The lowest BCUT2D eigenvalue weighted by Crippen LogP contribution is -2.22. The fourth-order valence-electron chi connectivity index (χ4n) is 4.49. The van der Waals surface area contributed by atoms with E-state index in [1.165, 1.54) is 9.80 Å². The van der Waals surface area contributed by atoms with Crippen molar-refractivity contribution in [2.24, 2.45) is 0 Å². The van der Waals surface area contributed by atoms with Gasteiger partial charge in [0.05, 0.1) is 11.0 Å². The minimum atomic E-state index is -0.283. The Bertz CT molecular complexity index is 1630. The number of hydrogen-bond donors (Lipinski definition) is 0. The molecule has 0 bridgehead atoms. The van der Waals surface area contributed by atoms with Gasteiger partial charge in [0.1, 0.15) is 0 Å². The molecule has 182 valence electrons. The second-order valence-corrected chi connectivity index (χ2v) is 9.40. The van der Waals surface area contributed by atoms with Gasteiger partial charge in [-0.3, -0.25) is 19.4 Å². The topological polar surface area (TPSA) is 64.0 Å². The van der Waals surface area contributed by atoms with Crippen molar-refractivity contribution in [3.8, 4) is 5.69 Å². The van der Waals surface area contributed by atoms with Crippen LogP contribution in [0.3, 0.4) is 0 Å². The maximum Gasteiger partial charge on any atom is 0.296 e. The summed E-state index contributed by atoms with van der Waals surface area (Å²) >= 11 is 10.2. The zero-order valence-electron chi connectivity index (χ0n) is 19.8. The number of likely N-dealkylation sites (N-methyl/N-ethyl adjacent to an activating group) is 2. The van der Waals surface area contributed by atoms with E-state index in [4.69, 9.17) is 33.9 Å². The molecule has 0 atom stereocenters. The van der Waals surface area contributed by atoms with Gasteiger partial charge < -0.3 is 14.0 Å². The molecule has 0 aliphatic carbocycles. The quantitative estimate of drug-likeness (QED) is 0.277. The average Bonchev–Trinajstić information content (AvgIpc) is 3.45. The number of nitrogens with zero attached hydrogens (tertiary/aromatic N) is 3. The molecule has 0 spiro atoms. The van der Waals surface area contributed by atoms with Crippen molar-refractivity contribution in [1.82, 2.24) is 14.4 Å². The predicted octanol–water partition coefficient (Wildman–Crippen LogP) is 5.01. The van der Waals surface area contributed by atoms with E-state index in [0.717, 1.165) is 38.6 Å². The highest BCUT2D eigenvalue weighted by molar-refractivity contribution is 7.80. The lowest BCUT2D eigenvalue weighted by molar-refractivity contribution is -0.122. The van der Waals surface area contributed by atoms with E-state index in [0.29, 0.717) is 0 Å². The number of fused-ring (bicyclic) bond motifs is 3. The molecule has 3 heterocycles. The molecular formula is C28H19N3O4S2. The molecule has 7 nitrogen and oxygen atoms in total. The number of amides is 2. The largest absolute Gasteiger partial charge is 0.426 e. The number of thiocarbonyl (C=S) groups is 2. The average molecular weight is 526 g/mol. The smallest absolute Gasteiger partial charge is 0.296 e. The summed E-state index contributed by atoms with van der Waals surface area (Å²) in [6.07, 6.45) is 3.38. The maximum absolute atomic E-state index is 12.4. The fraction of sp³-hybridized carbons (Fsp3) is 0.0714. The van der Waals surface area contributed by atoms with Crippen molar-refractivity contribution in [2.75, 3.05) is 14.1 Å². The molecule has 0 unspecified atom stereocenters. The van der Waals surface area contributed by atoms with Crippen molar-refractivity contribution in [3.63, 3.8) is 0 Å². The summed E-state index contributed by atoms with van der Waals surface area (Å²) in [6.45, 7) is 0. The van der Waals surface area contributed by atoms with Crippen LogP contribution >= 0.6 is 24.4 Å². The summed E-state index contributed by atoms with van der Waals surface area (Å²) < 4.78 is 13.1. The van der Waals surface area contributed by atoms with Crippen LogP contribution in [-0.2, 0) is 19.1 Å². The SMILES string of the molecule is CN1C(=O)C(=Cc2ccc3c(c2)c2cc(C=C4OC(=S)N(C)C4=O)ccc2n3-c2ccccc2)OC1=S. The molecule has 1 aromatic heterocycles. The standard InChI is InChI=1S/C28H19N3O4S2/c1-29-25(32)23(34-27(29)36)14-16-8-10-21-19(12-16)20-13-17(15-24-26(33)30(2)28(37)35-24)9-11-22(20)31(21)18-6-4-3-5-7-18/h3-15H,1-2H3. The number of carbonyl (C=O) groups excluding carboxylic acids is 2. The summed E-state index contributed by atoms with van der Waals surface area (Å²) in [5.74, 6) is -0.202. The van der Waals surface area contributed by atoms with Crippen LogP contribution < -0.4 is 0 Å². The van der Waals surface area contributed by atoms with Crippen LogP contribution in [0.1, 0.15) is 11.1 Å². The van der Waals surface area contributed by atoms with E-state index in [9.17, 15) is 9.59 Å². The first-order valence-electron chi connectivity index (χ1n) is 11.4. The van der Waals surface area contributed by atoms with Crippen LogP contribution in [-0.4, -0.2) is 50.6 Å². The Morgan fingerprint density at radius 3 is 1.54 bits per heavy atom. The number of ether oxygens (including phenoxy) is 2. The molecule has 37 heavy (non-hydrogen) atoms. The Hall–Kier alpha value is -4.34. The van der Waals surface area contributed by atoms with Crippen molar-refractivity contribution < 1.29 is 19.1 Å². The number of carbonyl (C=O) groups is 2. The van der Waals surface area contributed by atoms with Gasteiger partial charge in [0, 0.05) is 30.6 Å². The van der Waals surface area contributed by atoms with Crippen molar-refractivity contribution in [2.45, 2.75) is 0 Å². The molecule has 0 saturated carbocycles. The Morgan fingerprint density at radius 1 is 0.676 bits per heavy atom. The van der Waals surface area contributed by atoms with Gasteiger partial charge in [-0.25, -0.2) is 0 Å². The Balaban J connectivity index is 1.54. The highest BCUT2D eigenvalue weighted by atomic mass is 32.1. The van der Waals surface area contributed by atoms with Gasteiger partial charge in [-0.15, -0.1) is 0 Å². The molecule has 2 fully saturated rings. The molecule has 0 N–H and O–H groups in total. The number of hydrogen-bond acceptors (Lipinski definition) is 6. The summed E-state index contributed by atoms with van der Waals surface area (Å²) in [4.78, 5) is 27.5. The van der Waals surface area contributed by atoms with Crippen LogP contribution in [0.5, 0.6) is 0 Å². The van der Waals surface area contributed by atoms with Gasteiger partial charge in [0.25, 0.3) is 22.2 Å². The van der Waals surface area contributed by atoms with E-state index in [2.05, 4.69) is 4.57 Å². The highest BCUT2D eigenvalue weighted by Crippen LogP contribution is 2.34. The Labute approximate surface area is 222 Å². The van der Waals surface area contributed by atoms with E-state index in [1.807, 2.05) is 66.7 Å². The van der Waals surface area contributed by atoms with Gasteiger partial charge in [0.2, 0.25) is 0 Å². The second-order valence-electron chi connectivity index (χ2n) is 8.71. The van der Waals surface area contributed by atoms with Crippen molar-refractivity contribution in [3.05, 3.63) is 89.4 Å². The zero-order valence-corrected chi connectivity index (χ0v) is 21.4. The number of para-hydroxylation sites is 1. The van der Waals surface area contributed by atoms with Crippen LogP contribution in [0, 0.1) is 0 Å². The molecule has 6 rings (SSSR count). The van der Waals surface area contributed by atoms with Gasteiger partial charge in [0.15, 0.2) is 11.5 Å². The van der Waals surface area contributed by atoms with E-state index < -0.39 is 0 Å². The summed E-state index contributed by atoms with van der Waals surface area (Å²) in [5, 5.41) is 2.20. The molecule has 2 aliphatic rings. The monoisotopic (exact) mass is 525 g/mol. The fourth-order valence-corrected chi connectivity index (χ4v) is 4.83. The molecule has 0 radical (unpaired) electrons. The van der Waals surface area contributed by atoms with Gasteiger partial charge >= 0.3 is 0 Å². The predicted molar refractivity (Wildman–Crippen MR) is 150 cm³/mol. The lowest BCUT2D eigenvalue weighted by atomic mass is 10.1. The second kappa shape index (κ2) is 8.65. The molecule has 2 aliphatic heterocycles. The van der Waals surface area contributed by atoms with E-state index >= 15 is 0 Å². The van der Waals surface area contributed by atoms with Crippen LogP contribution in [0.2, 0.25) is 0 Å². The van der Waals surface area contributed by atoms with E-state index in [1.54, 1.807) is 26.2 Å². The van der Waals surface area contributed by atoms with Gasteiger partial charge in [-0.2, -0.15) is 0 Å². The van der Waals surface area contributed by atoms with Crippen LogP contribution in [0.25, 0.3) is 39.6 Å². The summed E-state index contributed by atoms with van der Waals surface area (Å²) in [6, 6.07) is 22.0. The first kappa shape index (κ1) is 23.1. The van der Waals surface area contributed by atoms with Crippen molar-refractivity contribution in [1.29, 1.82) is 0 Å². The minimum Gasteiger partial charge on any atom is -0.426 e. The summed E-state index contributed by atoms with van der Waals surface area (Å²) in [7, 11) is 3.17. The number of aromatic nitrogens is 1. The van der Waals surface area contributed by atoms with Gasteiger partial charge in [-0.1, -0.05) is 30.3 Å². The first-order valence-corrected chi connectivity index (χ1v) is 12.2. The lowest BCUT2D eigenvalue weighted by Gasteiger charge is -2.07. The highest BCUT2D eigenvalue weighted by Gasteiger charge is 2.31. The first-order chi connectivity index (χ1) is 17.8. The third-order valence-corrected chi connectivity index (χ3v) is 7.11. The maximum atomic E-state index is 12.4. The van der Waals surface area contributed by atoms with Gasteiger partial charge in [-0.05, 0) is 84.1 Å². The molecular weight excluding hydrogens is 506 g/mol. The number of benzene rings is 3. The normalized spacial score (nSPS) is 18.1. The third-order valence-electron chi connectivity index (χ3n) is 6.40. The molecule has 2 saturated heterocycles. The number of rotatable bonds is 3. The van der Waals surface area contributed by atoms with Crippen LogP contribution in [0.4, 0.5) is 0 Å². The van der Waals surface area contributed by atoms with E-state index in [-0.39, 0.29) is 33.7 Å². The summed E-state index contributed by atoms with van der Waals surface area (Å²) in [5.41, 5.74) is 4.60.